The number of hydrogen-bond acceptors (Lipinski definition) is 4. The smallest absolute Gasteiger partial charge is 0.199 e. The molecule has 1 aromatic heterocycles. The lowest BCUT2D eigenvalue weighted by Crippen LogP contribution is -2.43. The van der Waals surface area contributed by atoms with Crippen LogP contribution in [0.15, 0.2) is 53.5 Å². The standard InChI is InChI=1S/C25H30N6O/c1-18-28-29-24(30(18)2)17-27-25(26-16-22-9-6-14-32-22)31-13-12-21-15-20(10-11-23(21)31)19-7-4-3-5-8-19/h3-5,7-8,10-11,15,22H,6,9,12-14,16-17H2,1-2H3,(H,26,27). The van der Waals surface area contributed by atoms with Crippen LogP contribution in [0.1, 0.15) is 30.1 Å². The molecule has 1 unspecified atom stereocenters. The van der Waals surface area contributed by atoms with E-state index in [4.69, 9.17) is 9.73 Å². The fourth-order valence-electron chi connectivity index (χ4n) is 4.41. The van der Waals surface area contributed by atoms with Crippen LogP contribution in [0.3, 0.4) is 0 Å². The van der Waals surface area contributed by atoms with Crippen molar-refractivity contribution >= 4 is 11.6 Å². The second kappa shape index (κ2) is 9.12. The molecule has 1 saturated heterocycles. The molecule has 7 heteroatoms. The molecule has 0 amide bonds. The molecule has 0 saturated carbocycles. The van der Waals surface area contributed by atoms with Gasteiger partial charge in [-0.25, -0.2) is 4.99 Å². The van der Waals surface area contributed by atoms with Gasteiger partial charge in [0.1, 0.15) is 12.4 Å². The number of aryl methyl sites for hydroxylation is 1. The van der Waals surface area contributed by atoms with Crippen LogP contribution < -0.4 is 10.2 Å². The Bertz CT molecular complexity index is 1100. The largest absolute Gasteiger partial charge is 0.376 e. The third-order valence-corrected chi connectivity index (χ3v) is 6.40. The van der Waals surface area contributed by atoms with Gasteiger partial charge in [0.25, 0.3) is 0 Å². The summed E-state index contributed by atoms with van der Waals surface area (Å²) in [5, 5.41) is 12.0. The molecule has 2 aliphatic heterocycles. The summed E-state index contributed by atoms with van der Waals surface area (Å²) in [7, 11) is 1.98. The van der Waals surface area contributed by atoms with Crippen molar-refractivity contribution in [2.24, 2.45) is 12.0 Å². The first-order valence-corrected chi connectivity index (χ1v) is 11.4. The zero-order chi connectivity index (χ0) is 21.9. The Hall–Kier alpha value is -3.19. The van der Waals surface area contributed by atoms with Crippen molar-refractivity contribution in [3.05, 3.63) is 65.7 Å². The number of aromatic nitrogens is 3. The number of anilines is 1. The Morgan fingerprint density at radius 3 is 2.78 bits per heavy atom. The molecule has 2 aromatic carbocycles. The fourth-order valence-corrected chi connectivity index (χ4v) is 4.41. The number of ether oxygens (including phenoxy) is 1. The van der Waals surface area contributed by atoms with Gasteiger partial charge in [-0.15, -0.1) is 10.2 Å². The number of guanidine groups is 1. The Morgan fingerprint density at radius 2 is 2.03 bits per heavy atom. The van der Waals surface area contributed by atoms with E-state index in [9.17, 15) is 0 Å². The molecule has 32 heavy (non-hydrogen) atoms. The molecule has 5 rings (SSSR count). The zero-order valence-electron chi connectivity index (χ0n) is 18.8. The first-order chi connectivity index (χ1) is 15.7. The van der Waals surface area contributed by atoms with Crippen molar-refractivity contribution in [3.63, 3.8) is 0 Å². The number of aliphatic imine (C=N–C) groups is 1. The number of rotatable bonds is 5. The quantitative estimate of drug-likeness (QED) is 0.496. The third-order valence-electron chi connectivity index (χ3n) is 6.40. The fraction of sp³-hybridized carbons (Fsp3) is 0.400. The van der Waals surface area contributed by atoms with Crippen LogP contribution in [0.2, 0.25) is 0 Å². The minimum absolute atomic E-state index is 0.250. The molecule has 0 spiro atoms. The van der Waals surface area contributed by atoms with Crippen LogP contribution in [0.5, 0.6) is 0 Å². The van der Waals surface area contributed by atoms with Gasteiger partial charge >= 0.3 is 0 Å². The van der Waals surface area contributed by atoms with Gasteiger partial charge in [0, 0.05) is 32.4 Å². The van der Waals surface area contributed by atoms with E-state index in [0.29, 0.717) is 6.54 Å². The molecule has 0 bridgehead atoms. The topological polar surface area (TPSA) is 67.6 Å². The summed E-state index contributed by atoms with van der Waals surface area (Å²) in [5.41, 5.74) is 5.08. The van der Waals surface area contributed by atoms with Crippen molar-refractivity contribution in [1.82, 2.24) is 20.1 Å². The Labute approximate surface area is 189 Å². The number of hydrogen-bond donors (Lipinski definition) is 1. The van der Waals surface area contributed by atoms with E-state index in [1.54, 1.807) is 0 Å². The van der Waals surface area contributed by atoms with Crippen LogP contribution in [-0.4, -0.2) is 46.5 Å². The SMILES string of the molecule is Cc1nnc(CN=C(NCC2CCCO2)N2CCc3cc(-c4ccccc4)ccc32)n1C. The van der Waals surface area contributed by atoms with Crippen LogP contribution in [0.4, 0.5) is 5.69 Å². The molecule has 7 nitrogen and oxygen atoms in total. The highest BCUT2D eigenvalue weighted by Gasteiger charge is 2.25. The number of nitrogens with zero attached hydrogens (tertiary/aromatic N) is 5. The van der Waals surface area contributed by atoms with Gasteiger partial charge in [0.15, 0.2) is 11.8 Å². The maximum absolute atomic E-state index is 5.82. The van der Waals surface area contributed by atoms with Crippen LogP contribution >= 0.6 is 0 Å². The van der Waals surface area contributed by atoms with Gasteiger partial charge in [-0.1, -0.05) is 36.4 Å². The highest BCUT2D eigenvalue weighted by atomic mass is 16.5. The van der Waals surface area contributed by atoms with Gasteiger partial charge in [0.05, 0.1) is 6.10 Å². The lowest BCUT2D eigenvalue weighted by Gasteiger charge is -2.24. The summed E-state index contributed by atoms with van der Waals surface area (Å²) >= 11 is 0. The van der Waals surface area contributed by atoms with Gasteiger partial charge in [-0.2, -0.15) is 0 Å². The summed E-state index contributed by atoms with van der Waals surface area (Å²) < 4.78 is 7.81. The van der Waals surface area contributed by atoms with Crippen molar-refractivity contribution in [2.75, 3.05) is 24.6 Å². The van der Waals surface area contributed by atoms with Gasteiger partial charge in [0.2, 0.25) is 0 Å². The van der Waals surface area contributed by atoms with E-state index in [-0.39, 0.29) is 6.10 Å². The maximum atomic E-state index is 5.82. The lowest BCUT2D eigenvalue weighted by atomic mass is 10.0. The summed E-state index contributed by atoms with van der Waals surface area (Å²) in [5.74, 6) is 2.63. The Balaban J connectivity index is 1.40. The number of benzene rings is 2. The summed E-state index contributed by atoms with van der Waals surface area (Å²) in [6, 6.07) is 17.3. The molecule has 2 aliphatic rings. The lowest BCUT2D eigenvalue weighted by molar-refractivity contribution is 0.114. The van der Waals surface area contributed by atoms with Gasteiger partial charge in [-0.05, 0) is 55.0 Å². The second-order valence-electron chi connectivity index (χ2n) is 8.49. The normalized spacial score (nSPS) is 18.2. The summed E-state index contributed by atoms with van der Waals surface area (Å²) in [4.78, 5) is 7.24. The van der Waals surface area contributed by atoms with Gasteiger partial charge in [-0.3, -0.25) is 0 Å². The molecule has 0 radical (unpaired) electrons. The van der Waals surface area contributed by atoms with Crippen LogP contribution in [0, 0.1) is 6.92 Å². The van der Waals surface area contributed by atoms with E-state index in [0.717, 1.165) is 56.6 Å². The first kappa shape index (κ1) is 20.7. The summed E-state index contributed by atoms with van der Waals surface area (Å²) in [6.45, 7) is 4.97. The molecular formula is C25H30N6O. The van der Waals surface area contributed by atoms with E-state index in [1.165, 1.54) is 22.4 Å². The number of nitrogens with one attached hydrogen (secondary N) is 1. The average molecular weight is 431 g/mol. The zero-order valence-corrected chi connectivity index (χ0v) is 18.8. The van der Waals surface area contributed by atoms with Crippen LogP contribution in [0.25, 0.3) is 11.1 Å². The van der Waals surface area contributed by atoms with Crippen LogP contribution in [-0.2, 0) is 24.8 Å². The minimum Gasteiger partial charge on any atom is -0.376 e. The third kappa shape index (κ3) is 4.25. The molecule has 1 atom stereocenters. The number of fused-ring (bicyclic) bond motifs is 1. The molecule has 3 aromatic rings. The molecule has 3 heterocycles. The predicted octanol–water partition coefficient (Wildman–Crippen LogP) is 3.48. The summed E-state index contributed by atoms with van der Waals surface area (Å²) in [6.07, 6.45) is 3.48. The minimum atomic E-state index is 0.250. The Kier molecular flexibility index (Phi) is 5.90. The monoisotopic (exact) mass is 430 g/mol. The van der Waals surface area contributed by atoms with Crippen molar-refractivity contribution in [1.29, 1.82) is 0 Å². The average Bonchev–Trinajstić information content (AvgIpc) is 3.57. The highest BCUT2D eigenvalue weighted by molar-refractivity contribution is 5.98. The second-order valence-corrected chi connectivity index (χ2v) is 8.49. The van der Waals surface area contributed by atoms with E-state index < -0.39 is 0 Å². The Morgan fingerprint density at radius 1 is 1.16 bits per heavy atom. The van der Waals surface area contributed by atoms with E-state index in [1.807, 2.05) is 18.5 Å². The molecule has 1 N–H and O–H groups in total. The molecular weight excluding hydrogens is 400 g/mol. The molecule has 1 fully saturated rings. The van der Waals surface area contributed by atoms with E-state index in [2.05, 4.69) is 68.9 Å². The van der Waals surface area contributed by atoms with Gasteiger partial charge < -0.3 is 19.5 Å². The van der Waals surface area contributed by atoms with Crippen molar-refractivity contribution in [2.45, 2.75) is 38.8 Å². The first-order valence-electron chi connectivity index (χ1n) is 11.4. The van der Waals surface area contributed by atoms with E-state index >= 15 is 0 Å². The highest BCUT2D eigenvalue weighted by Crippen LogP contribution is 2.32. The molecule has 166 valence electrons. The van der Waals surface area contributed by atoms with Crippen molar-refractivity contribution < 1.29 is 4.74 Å². The molecule has 0 aliphatic carbocycles. The maximum Gasteiger partial charge on any atom is 0.199 e. The van der Waals surface area contributed by atoms with Crippen molar-refractivity contribution in [3.8, 4) is 11.1 Å². The predicted molar refractivity (Wildman–Crippen MR) is 127 cm³/mol.